The smallest absolute Gasteiger partial charge is 0.315 e. The van der Waals surface area contributed by atoms with Crippen LogP contribution in [0.3, 0.4) is 0 Å². The molecule has 0 saturated carbocycles. The summed E-state index contributed by atoms with van der Waals surface area (Å²) < 4.78 is 5.43. The highest BCUT2D eigenvalue weighted by Gasteiger charge is 2.20. The van der Waals surface area contributed by atoms with Crippen molar-refractivity contribution in [3.8, 4) is 0 Å². The molecule has 0 spiro atoms. The zero-order valence-electron chi connectivity index (χ0n) is 15.2. The number of morpholine rings is 1. The van der Waals surface area contributed by atoms with Gasteiger partial charge >= 0.3 is 6.03 Å². The fourth-order valence-corrected chi connectivity index (χ4v) is 3.18. The third-order valence-electron chi connectivity index (χ3n) is 4.70. The molecular weight excluding hydrogens is 326 g/mol. The van der Waals surface area contributed by atoms with E-state index >= 15 is 0 Å². The Balaban J connectivity index is 1.63. The van der Waals surface area contributed by atoms with Crippen molar-refractivity contribution in [3.05, 3.63) is 71.8 Å². The van der Waals surface area contributed by atoms with Crippen molar-refractivity contribution in [2.75, 3.05) is 32.8 Å². The van der Waals surface area contributed by atoms with Crippen molar-refractivity contribution in [2.24, 2.45) is 0 Å². The molecule has 5 nitrogen and oxygen atoms in total. The molecule has 5 heteroatoms. The van der Waals surface area contributed by atoms with Crippen molar-refractivity contribution in [1.29, 1.82) is 0 Å². The fraction of sp³-hybridized carbons (Fsp3) is 0.381. The summed E-state index contributed by atoms with van der Waals surface area (Å²) in [7, 11) is 0. The average Bonchev–Trinajstić information content (AvgIpc) is 2.69. The van der Waals surface area contributed by atoms with E-state index in [0.29, 0.717) is 0 Å². The van der Waals surface area contributed by atoms with Crippen LogP contribution in [0.4, 0.5) is 4.79 Å². The minimum absolute atomic E-state index is 0.0454. The van der Waals surface area contributed by atoms with Crippen LogP contribution in [0, 0.1) is 0 Å². The Hall–Kier alpha value is -2.37. The molecule has 138 valence electrons. The lowest BCUT2D eigenvalue weighted by Crippen LogP contribution is -2.46. The molecule has 2 amide bonds. The summed E-state index contributed by atoms with van der Waals surface area (Å²) >= 11 is 0. The largest absolute Gasteiger partial charge is 0.379 e. The van der Waals surface area contributed by atoms with Crippen LogP contribution in [0.2, 0.25) is 0 Å². The van der Waals surface area contributed by atoms with Crippen LogP contribution in [0.15, 0.2) is 60.7 Å². The summed E-state index contributed by atoms with van der Waals surface area (Å²) in [4.78, 5) is 14.9. The highest BCUT2D eigenvalue weighted by atomic mass is 16.5. The van der Waals surface area contributed by atoms with Crippen LogP contribution in [0.25, 0.3) is 0 Å². The summed E-state index contributed by atoms with van der Waals surface area (Å²) in [5.41, 5.74) is 2.20. The molecule has 3 rings (SSSR count). The second-order valence-corrected chi connectivity index (χ2v) is 6.63. The van der Waals surface area contributed by atoms with Crippen LogP contribution in [0.1, 0.15) is 30.1 Å². The van der Waals surface area contributed by atoms with E-state index in [-0.39, 0.29) is 18.1 Å². The standard InChI is InChI=1S/C21H27N3O2/c1-17(18-8-4-2-5-9-18)22-21(25)23-20(19-10-6-3-7-11-19)16-24-12-14-26-15-13-24/h2-11,17,20H,12-16H2,1H3,(H2,22,23,25). The quantitative estimate of drug-likeness (QED) is 0.839. The second-order valence-electron chi connectivity index (χ2n) is 6.63. The Morgan fingerprint density at radius 1 is 0.962 bits per heavy atom. The Morgan fingerprint density at radius 2 is 1.54 bits per heavy atom. The van der Waals surface area contributed by atoms with Crippen molar-refractivity contribution in [2.45, 2.75) is 19.0 Å². The number of urea groups is 1. The van der Waals surface area contributed by atoms with Gasteiger partial charge in [-0.05, 0) is 18.1 Å². The Bertz CT molecular complexity index is 672. The lowest BCUT2D eigenvalue weighted by atomic mass is 10.1. The number of benzene rings is 2. The van der Waals surface area contributed by atoms with Crippen LogP contribution < -0.4 is 10.6 Å². The molecule has 0 bridgehead atoms. The minimum Gasteiger partial charge on any atom is -0.379 e. The van der Waals surface area contributed by atoms with E-state index in [0.717, 1.165) is 44.0 Å². The molecule has 2 N–H and O–H groups in total. The highest BCUT2D eigenvalue weighted by molar-refractivity contribution is 5.75. The second kappa shape index (κ2) is 9.36. The van der Waals surface area contributed by atoms with Gasteiger partial charge in [-0.1, -0.05) is 60.7 Å². The zero-order chi connectivity index (χ0) is 18.2. The van der Waals surface area contributed by atoms with Crippen LogP contribution in [-0.4, -0.2) is 43.8 Å². The van der Waals surface area contributed by atoms with Gasteiger partial charge in [-0.3, -0.25) is 4.90 Å². The van der Waals surface area contributed by atoms with E-state index in [1.807, 2.05) is 55.5 Å². The summed E-state index contributed by atoms with van der Waals surface area (Å²) in [5, 5.41) is 6.19. The van der Waals surface area contributed by atoms with Gasteiger partial charge in [0.05, 0.1) is 25.3 Å². The van der Waals surface area contributed by atoms with Crippen molar-refractivity contribution < 1.29 is 9.53 Å². The molecule has 2 unspecified atom stereocenters. The van der Waals surface area contributed by atoms with Gasteiger partial charge in [0, 0.05) is 19.6 Å². The van der Waals surface area contributed by atoms with Gasteiger partial charge in [0.25, 0.3) is 0 Å². The van der Waals surface area contributed by atoms with E-state index in [9.17, 15) is 4.79 Å². The van der Waals surface area contributed by atoms with E-state index in [2.05, 4.69) is 27.7 Å². The third-order valence-corrected chi connectivity index (χ3v) is 4.70. The topological polar surface area (TPSA) is 53.6 Å². The number of hydrogen-bond donors (Lipinski definition) is 2. The lowest BCUT2D eigenvalue weighted by Gasteiger charge is -2.31. The van der Waals surface area contributed by atoms with Gasteiger partial charge < -0.3 is 15.4 Å². The van der Waals surface area contributed by atoms with E-state index in [1.54, 1.807) is 0 Å². The van der Waals surface area contributed by atoms with Gasteiger partial charge in [-0.15, -0.1) is 0 Å². The van der Waals surface area contributed by atoms with E-state index in [4.69, 9.17) is 4.74 Å². The maximum absolute atomic E-state index is 12.6. The first-order valence-corrected chi connectivity index (χ1v) is 9.19. The summed E-state index contributed by atoms with van der Waals surface area (Å²) in [6.45, 7) is 6.06. The number of amides is 2. The lowest BCUT2D eigenvalue weighted by molar-refractivity contribution is 0.0339. The summed E-state index contributed by atoms with van der Waals surface area (Å²) in [6, 6.07) is 19.9. The first kappa shape index (κ1) is 18.4. The number of carbonyl (C=O) groups excluding carboxylic acids is 1. The molecule has 2 atom stereocenters. The van der Waals surface area contributed by atoms with Gasteiger partial charge in [0.2, 0.25) is 0 Å². The molecule has 0 aliphatic carbocycles. The van der Waals surface area contributed by atoms with Crippen LogP contribution in [-0.2, 0) is 4.74 Å². The first-order chi connectivity index (χ1) is 12.7. The maximum atomic E-state index is 12.6. The predicted octanol–water partition coefficient (Wildman–Crippen LogP) is 3.12. The molecule has 1 saturated heterocycles. The van der Waals surface area contributed by atoms with E-state index < -0.39 is 0 Å². The number of ether oxygens (including phenoxy) is 1. The maximum Gasteiger partial charge on any atom is 0.315 e. The molecular formula is C21H27N3O2. The number of nitrogens with zero attached hydrogens (tertiary/aromatic N) is 1. The van der Waals surface area contributed by atoms with Crippen molar-refractivity contribution in [3.63, 3.8) is 0 Å². The zero-order valence-corrected chi connectivity index (χ0v) is 15.2. The van der Waals surface area contributed by atoms with Gasteiger partial charge in [-0.25, -0.2) is 4.79 Å². The number of nitrogens with one attached hydrogen (secondary N) is 2. The van der Waals surface area contributed by atoms with Crippen molar-refractivity contribution >= 4 is 6.03 Å². The molecule has 1 fully saturated rings. The van der Waals surface area contributed by atoms with Gasteiger partial charge in [0.15, 0.2) is 0 Å². The highest BCUT2D eigenvalue weighted by Crippen LogP contribution is 2.16. The SMILES string of the molecule is CC(NC(=O)NC(CN1CCOCC1)c1ccccc1)c1ccccc1. The molecule has 2 aromatic carbocycles. The fourth-order valence-electron chi connectivity index (χ4n) is 3.18. The normalized spacial score (nSPS) is 17.3. The molecule has 26 heavy (non-hydrogen) atoms. The molecule has 0 radical (unpaired) electrons. The Kier molecular flexibility index (Phi) is 6.63. The average molecular weight is 353 g/mol. The molecule has 1 heterocycles. The van der Waals surface area contributed by atoms with Gasteiger partial charge in [-0.2, -0.15) is 0 Å². The molecule has 0 aromatic heterocycles. The Labute approximate surface area is 155 Å². The molecule has 2 aromatic rings. The molecule has 1 aliphatic heterocycles. The monoisotopic (exact) mass is 353 g/mol. The first-order valence-electron chi connectivity index (χ1n) is 9.19. The summed E-state index contributed by atoms with van der Waals surface area (Å²) in [5.74, 6) is 0. The minimum atomic E-state index is -0.150. The third kappa shape index (κ3) is 5.31. The van der Waals surface area contributed by atoms with Crippen molar-refractivity contribution in [1.82, 2.24) is 15.5 Å². The number of hydrogen-bond acceptors (Lipinski definition) is 3. The number of carbonyl (C=O) groups is 1. The predicted molar refractivity (Wildman–Crippen MR) is 103 cm³/mol. The van der Waals surface area contributed by atoms with Crippen LogP contribution in [0.5, 0.6) is 0 Å². The van der Waals surface area contributed by atoms with Crippen LogP contribution >= 0.6 is 0 Å². The molecule has 1 aliphatic rings. The summed E-state index contributed by atoms with van der Waals surface area (Å²) in [6.07, 6.45) is 0. The van der Waals surface area contributed by atoms with E-state index in [1.165, 1.54) is 0 Å². The number of rotatable bonds is 6. The van der Waals surface area contributed by atoms with Gasteiger partial charge in [0.1, 0.15) is 0 Å². The Morgan fingerprint density at radius 3 is 2.15 bits per heavy atom.